The van der Waals surface area contributed by atoms with Crippen LogP contribution in [-0.2, 0) is 16.0 Å². The van der Waals surface area contributed by atoms with Crippen molar-refractivity contribution in [1.82, 2.24) is 10.2 Å². The summed E-state index contributed by atoms with van der Waals surface area (Å²) in [6, 6.07) is 1.98. The Morgan fingerprint density at radius 2 is 2.35 bits per heavy atom. The van der Waals surface area contributed by atoms with E-state index in [2.05, 4.69) is 5.32 Å². The molecular formula is C14H20N2O3S. The molecule has 1 aromatic heterocycles. The summed E-state index contributed by atoms with van der Waals surface area (Å²) in [5.74, 6) is -0.313. The Bertz CT molecular complexity index is 447. The van der Waals surface area contributed by atoms with Crippen molar-refractivity contribution in [3.05, 3.63) is 22.4 Å². The topological polar surface area (TPSA) is 69.6 Å². The van der Waals surface area contributed by atoms with Crippen LogP contribution < -0.4 is 5.32 Å². The highest BCUT2D eigenvalue weighted by Crippen LogP contribution is 2.17. The normalized spacial score (nSPS) is 19.0. The Kier molecular flexibility index (Phi) is 5.55. The van der Waals surface area contributed by atoms with Crippen molar-refractivity contribution in [2.45, 2.75) is 19.3 Å². The standard InChI is InChI=1S/C14H20N2O3S/c17-13(6-11-3-5-20-10-11)16-4-1-2-12(9-16)7-15-8-14(18)19/h3,5,10,12,15H,1-2,4,6-9H2,(H,18,19). The molecule has 6 heteroatoms. The van der Waals surface area contributed by atoms with E-state index in [0.29, 0.717) is 18.9 Å². The summed E-state index contributed by atoms with van der Waals surface area (Å²) in [5.41, 5.74) is 1.08. The zero-order valence-electron chi connectivity index (χ0n) is 11.4. The number of rotatable bonds is 6. The third-order valence-corrected chi connectivity index (χ3v) is 4.25. The SMILES string of the molecule is O=C(O)CNCC1CCCN(C(=O)Cc2ccsc2)C1. The second-order valence-electron chi connectivity index (χ2n) is 5.18. The van der Waals surface area contributed by atoms with Crippen LogP contribution in [0.4, 0.5) is 0 Å². The lowest BCUT2D eigenvalue weighted by Gasteiger charge is -2.33. The van der Waals surface area contributed by atoms with Crippen molar-refractivity contribution < 1.29 is 14.7 Å². The molecule has 5 nitrogen and oxygen atoms in total. The van der Waals surface area contributed by atoms with Gasteiger partial charge in [0.15, 0.2) is 0 Å². The molecule has 0 aliphatic carbocycles. The van der Waals surface area contributed by atoms with Crippen molar-refractivity contribution >= 4 is 23.2 Å². The van der Waals surface area contributed by atoms with Crippen LogP contribution in [0.2, 0.25) is 0 Å². The summed E-state index contributed by atoms with van der Waals surface area (Å²) in [6.07, 6.45) is 2.52. The molecule has 1 aromatic rings. The summed E-state index contributed by atoms with van der Waals surface area (Å²) in [4.78, 5) is 24.6. The highest BCUT2D eigenvalue weighted by Gasteiger charge is 2.23. The Hall–Kier alpha value is -1.40. The molecule has 2 heterocycles. The van der Waals surface area contributed by atoms with Gasteiger partial charge in [-0.3, -0.25) is 9.59 Å². The molecular weight excluding hydrogens is 276 g/mol. The first kappa shape index (κ1) is 15.0. The van der Waals surface area contributed by atoms with Gasteiger partial charge in [0.25, 0.3) is 0 Å². The number of piperidine rings is 1. The minimum Gasteiger partial charge on any atom is -0.480 e. The van der Waals surface area contributed by atoms with E-state index >= 15 is 0 Å². The van der Waals surface area contributed by atoms with E-state index in [1.807, 2.05) is 21.7 Å². The molecule has 1 aliphatic rings. The van der Waals surface area contributed by atoms with Crippen LogP contribution in [-0.4, -0.2) is 48.1 Å². The average molecular weight is 296 g/mol. The van der Waals surface area contributed by atoms with Gasteiger partial charge < -0.3 is 15.3 Å². The summed E-state index contributed by atoms with van der Waals surface area (Å²) in [6.45, 7) is 2.20. The first-order valence-electron chi connectivity index (χ1n) is 6.86. The maximum Gasteiger partial charge on any atom is 0.317 e. The number of carboxylic acids is 1. The van der Waals surface area contributed by atoms with Crippen molar-refractivity contribution in [2.75, 3.05) is 26.2 Å². The number of carbonyl (C=O) groups is 2. The maximum absolute atomic E-state index is 12.2. The van der Waals surface area contributed by atoms with E-state index in [4.69, 9.17) is 5.11 Å². The maximum atomic E-state index is 12.2. The molecule has 1 amide bonds. The fourth-order valence-corrected chi connectivity index (χ4v) is 3.19. The number of nitrogens with zero attached hydrogens (tertiary/aromatic N) is 1. The molecule has 2 rings (SSSR count). The number of aliphatic carboxylic acids is 1. The predicted molar refractivity (Wildman–Crippen MR) is 77.8 cm³/mol. The number of nitrogens with one attached hydrogen (secondary N) is 1. The molecule has 1 saturated heterocycles. The molecule has 0 aromatic carbocycles. The number of carbonyl (C=O) groups excluding carboxylic acids is 1. The Balaban J connectivity index is 1.77. The van der Waals surface area contributed by atoms with Gasteiger partial charge in [-0.15, -0.1) is 0 Å². The van der Waals surface area contributed by atoms with Gasteiger partial charge in [-0.05, 0) is 41.1 Å². The Morgan fingerprint density at radius 1 is 1.50 bits per heavy atom. The number of thiophene rings is 1. The Morgan fingerprint density at radius 3 is 3.05 bits per heavy atom. The molecule has 1 unspecified atom stereocenters. The molecule has 0 radical (unpaired) electrons. The van der Waals surface area contributed by atoms with E-state index in [1.165, 1.54) is 0 Å². The van der Waals surface area contributed by atoms with Crippen molar-refractivity contribution in [3.8, 4) is 0 Å². The molecule has 0 spiro atoms. The fraction of sp³-hybridized carbons (Fsp3) is 0.571. The lowest BCUT2D eigenvalue weighted by atomic mass is 9.97. The van der Waals surface area contributed by atoms with Crippen molar-refractivity contribution in [1.29, 1.82) is 0 Å². The largest absolute Gasteiger partial charge is 0.480 e. The fourth-order valence-electron chi connectivity index (χ4n) is 2.52. The highest BCUT2D eigenvalue weighted by molar-refractivity contribution is 7.07. The molecule has 20 heavy (non-hydrogen) atoms. The van der Waals surface area contributed by atoms with E-state index in [-0.39, 0.29) is 12.5 Å². The van der Waals surface area contributed by atoms with Crippen LogP contribution in [0.3, 0.4) is 0 Å². The first-order valence-corrected chi connectivity index (χ1v) is 7.81. The van der Waals surface area contributed by atoms with Gasteiger partial charge in [-0.25, -0.2) is 0 Å². The van der Waals surface area contributed by atoms with E-state index in [9.17, 15) is 9.59 Å². The summed E-state index contributed by atoms with van der Waals surface area (Å²) in [5, 5.41) is 15.5. The van der Waals surface area contributed by atoms with Gasteiger partial charge in [-0.1, -0.05) is 0 Å². The smallest absolute Gasteiger partial charge is 0.317 e. The number of amides is 1. The average Bonchev–Trinajstić information content (AvgIpc) is 2.91. The van der Waals surface area contributed by atoms with Gasteiger partial charge in [-0.2, -0.15) is 11.3 Å². The zero-order chi connectivity index (χ0) is 14.4. The third kappa shape index (κ3) is 4.61. The molecule has 2 N–H and O–H groups in total. The molecule has 1 fully saturated rings. The second-order valence-corrected chi connectivity index (χ2v) is 5.96. The summed E-state index contributed by atoms with van der Waals surface area (Å²) in [7, 11) is 0. The van der Waals surface area contributed by atoms with Crippen LogP contribution in [0.15, 0.2) is 16.8 Å². The number of hydrogen-bond acceptors (Lipinski definition) is 4. The van der Waals surface area contributed by atoms with E-state index in [0.717, 1.165) is 31.5 Å². The molecule has 110 valence electrons. The van der Waals surface area contributed by atoms with E-state index < -0.39 is 5.97 Å². The quantitative estimate of drug-likeness (QED) is 0.828. The number of carboxylic acid groups (broad SMARTS) is 1. The summed E-state index contributed by atoms with van der Waals surface area (Å²) < 4.78 is 0. The number of likely N-dealkylation sites (tertiary alicyclic amines) is 1. The van der Waals surface area contributed by atoms with Gasteiger partial charge in [0.05, 0.1) is 13.0 Å². The van der Waals surface area contributed by atoms with Gasteiger partial charge >= 0.3 is 5.97 Å². The van der Waals surface area contributed by atoms with Crippen LogP contribution in [0.25, 0.3) is 0 Å². The lowest BCUT2D eigenvalue weighted by Crippen LogP contribution is -2.44. The highest BCUT2D eigenvalue weighted by atomic mass is 32.1. The van der Waals surface area contributed by atoms with Crippen LogP contribution in [0.1, 0.15) is 18.4 Å². The first-order chi connectivity index (χ1) is 9.65. The van der Waals surface area contributed by atoms with Crippen LogP contribution in [0, 0.1) is 5.92 Å². The molecule has 1 atom stereocenters. The third-order valence-electron chi connectivity index (χ3n) is 3.52. The Labute approximate surface area is 122 Å². The zero-order valence-corrected chi connectivity index (χ0v) is 12.2. The minimum absolute atomic E-state index is 0.0145. The van der Waals surface area contributed by atoms with Crippen molar-refractivity contribution in [3.63, 3.8) is 0 Å². The van der Waals surface area contributed by atoms with Crippen LogP contribution >= 0.6 is 11.3 Å². The van der Waals surface area contributed by atoms with Gasteiger partial charge in [0, 0.05) is 19.6 Å². The van der Waals surface area contributed by atoms with E-state index in [1.54, 1.807) is 11.3 Å². The lowest BCUT2D eigenvalue weighted by molar-refractivity contribution is -0.136. The monoisotopic (exact) mass is 296 g/mol. The van der Waals surface area contributed by atoms with Gasteiger partial charge in [0.2, 0.25) is 5.91 Å². The second kappa shape index (κ2) is 7.40. The van der Waals surface area contributed by atoms with Crippen molar-refractivity contribution in [2.24, 2.45) is 5.92 Å². The molecule has 0 bridgehead atoms. The van der Waals surface area contributed by atoms with Crippen LogP contribution in [0.5, 0.6) is 0 Å². The van der Waals surface area contributed by atoms with Gasteiger partial charge in [0.1, 0.15) is 0 Å². The molecule has 1 aliphatic heterocycles. The number of hydrogen-bond donors (Lipinski definition) is 2. The minimum atomic E-state index is -0.841. The predicted octanol–water partition coefficient (Wildman–Crippen LogP) is 1.20. The molecule has 0 saturated carbocycles. The summed E-state index contributed by atoms with van der Waals surface area (Å²) >= 11 is 1.61.